The normalized spacial score (nSPS) is 17.8. The van der Waals surface area contributed by atoms with Crippen LogP contribution >= 0.6 is 11.3 Å². The zero-order valence-corrected chi connectivity index (χ0v) is 14.3. The molecule has 24 heavy (non-hydrogen) atoms. The van der Waals surface area contributed by atoms with Crippen LogP contribution in [0.2, 0.25) is 0 Å². The Hall–Kier alpha value is -2.18. The summed E-state index contributed by atoms with van der Waals surface area (Å²) < 4.78 is 1.91. The van der Waals surface area contributed by atoms with Crippen molar-refractivity contribution in [3.63, 3.8) is 0 Å². The Morgan fingerprint density at radius 2 is 2.17 bits per heavy atom. The van der Waals surface area contributed by atoms with Crippen molar-refractivity contribution in [1.82, 2.24) is 14.7 Å². The molecule has 1 N–H and O–H groups in total. The number of aliphatic hydroxyl groups is 1. The predicted octanol–water partition coefficient (Wildman–Crippen LogP) is 2.85. The van der Waals surface area contributed by atoms with E-state index in [9.17, 15) is 9.90 Å². The number of likely N-dealkylation sites (tertiary alicyclic amines) is 1. The van der Waals surface area contributed by atoms with E-state index in [0.717, 1.165) is 39.4 Å². The standard InChI is InChI=1S/C18H19N3O2S/c1-12-15-9-16(17(23)20-8-7-13(10-20)11-22)24-18(15)21(19-12)14-5-3-2-4-6-14/h2-6,9,13,22H,7-8,10-11H2,1H3. The van der Waals surface area contributed by atoms with Crippen LogP contribution in [0.5, 0.6) is 0 Å². The van der Waals surface area contributed by atoms with Gasteiger partial charge in [0.2, 0.25) is 0 Å². The smallest absolute Gasteiger partial charge is 0.264 e. The Labute approximate surface area is 144 Å². The van der Waals surface area contributed by atoms with Crippen LogP contribution in [0, 0.1) is 12.8 Å². The monoisotopic (exact) mass is 341 g/mol. The molecule has 1 atom stereocenters. The molecule has 1 amide bonds. The molecule has 1 unspecified atom stereocenters. The molecule has 2 aromatic heterocycles. The lowest BCUT2D eigenvalue weighted by atomic mass is 10.1. The van der Waals surface area contributed by atoms with Gasteiger partial charge in [-0.25, -0.2) is 4.68 Å². The van der Waals surface area contributed by atoms with Gasteiger partial charge < -0.3 is 10.0 Å². The molecule has 4 rings (SSSR count). The summed E-state index contributed by atoms with van der Waals surface area (Å²) in [5.74, 6) is 0.274. The van der Waals surface area contributed by atoms with Gasteiger partial charge >= 0.3 is 0 Å². The average molecular weight is 341 g/mol. The Morgan fingerprint density at radius 3 is 2.88 bits per heavy atom. The Morgan fingerprint density at radius 1 is 1.38 bits per heavy atom. The number of carbonyl (C=O) groups excluding carboxylic acids is 1. The number of hydrogen-bond donors (Lipinski definition) is 1. The number of carbonyl (C=O) groups is 1. The summed E-state index contributed by atoms with van der Waals surface area (Å²) in [6.45, 7) is 3.49. The molecular formula is C18H19N3O2S. The van der Waals surface area contributed by atoms with E-state index in [-0.39, 0.29) is 18.4 Å². The number of para-hydroxylation sites is 1. The third-order valence-electron chi connectivity index (χ3n) is 4.59. The van der Waals surface area contributed by atoms with Gasteiger partial charge in [0.15, 0.2) is 0 Å². The van der Waals surface area contributed by atoms with Crippen LogP contribution in [-0.4, -0.2) is 45.4 Å². The van der Waals surface area contributed by atoms with E-state index in [1.54, 1.807) is 0 Å². The molecule has 124 valence electrons. The summed E-state index contributed by atoms with van der Waals surface area (Å²) in [5.41, 5.74) is 1.93. The highest BCUT2D eigenvalue weighted by atomic mass is 32.1. The van der Waals surface area contributed by atoms with E-state index in [1.807, 2.05) is 52.9 Å². The van der Waals surface area contributed by atoms with Crippen molar-refractivity contribution in [2.24, 2.45) is 5.92 Å². The molecule has 0 bridgehead atoms. The van der Waals surface area contributed by atoms with Gasteiger partial charge in [0.25, 0.3) is 5.91 Å². The zero-order valence-electron chi connectivity index (χ0n) is 13.5. The number of rotatable bonds is 3. The summed E-state index contributed by atoms with van der Waals surface area (Å²) in [4.78, 5) is 16.4. The summed E-state index contributed by atoms with van der Waals surface area (Å²) >= 11 is 1.49. The first-order valence-corrected chi connectivity index (χ1v) is 8.93. The zero-order chi connectivity index (χ0) is 16.7. The van der Waals surface area contributed by atoms with Crippen molar-refractivity contribution < 1.29 is 9.90 Å². The van der Waals surface area contributed by atoms with E-state index < -0.39 is 0 Å². The number of nitrogens with zero attached hydrogens (tertiary/aromatic N) is 3. The molecule has 5 nitrogen and oxygen atoms in total. The molecule has 1 saturated heterocycles. The molecule has 1 aromatic carbocycles. The lowest BCUT2D eigenvalue weighted by molar-refractivity contribution is 0.0786. The number of aryl methyl sites for hydroxylation is 1. The minimum absolute atomic E-state index is 0.0613. The molecule has 3 heterocycles. The summed E-state index contributed by atoms with van der Waals surface area (Å²) in [6, 6.07) is 11.9. The van der Waals surface area contributed by atoms with Gasteiger partial charge in [-0.05, 0) is 31.5 Å². The largest absolute Gasteiger partial charge is 0.396 e. The van der Waals surface area contributed by atoms with Gasteiger partial charge in [0.1, 0.15) is 4.83 Å². The van der Waals surface area contributed by atoms with Crippen molar-refractivity contribution in [3.8, 4) is 5.69 Å². The van der Waals surface area contributed by atoms with E-state index in [2.05, 4.69) is 5.10 Å². The second kappa shape index (κ2) is 6.03. The van der Waals surface area contributed by atoms with E-state index in [0.29, 0.717) is 6.54 Å². The van der Waals surface area contributed by atoms with Crippen molar-refractivity contribution in [2.45, 2.75) is 13.3 Å². The highest BCUT2D eigenvalue weighted by molar-refractivity contribution is 7.20. The minimum Gasteiger partial charge on any atom is -0.396 e. The van der Waals surface area contributed by atoms with Crippen LogP contribution in [0.3, 0.4) is 0 Å². The molecule has 0 radical (unpaired) electrons. The lowest BCUT2D eigenvalue weighted by Crippen LogP contribution is -2.28. The number of benzene rings is 1. The lowest BCUT2D eigenvalue weighted by Gasteiger charge is -2.14. The van der Waals surface area contributed by atoms with Gasteiger partial charge in [-0.15, -0.1) is 11.3 Å². The van der Waals surface area contributed by atoms with Crippen molar-refractivity contribution in [2.75, 3.05) is 19.7 Å². The van der Waals surface area contributed by atoms with Crippen molar-refractivity contribution >= 4 is 27.5 Å². The average Bonchev–Trinajstić information content (AvgIpc) is 3.31. The molecule has 6 heteroatoms. The van der Waals surface area contributed by atoms with Gasteiger partial charge in [-0.2, -0.15) is 5.10 Å². The number of amides is 1. The number of aromatic nitrogens is 2. The molecule has 1 aliphatic rings. The Bertz CT molecular complexity index is 884. The molecule has 0 aliphatic carbocycles. The number of hydrogen-bond acceptors (Lipinski definition) is 4. The maximum atomic E-state index is 12.8. The molecule has 1 fully saturated rings. The number of thiophene rings is 1. The van der Waals surface area contributed by atoms with Crippen LogP contribution < -0.4 is 0 Å². The molecule has 0 spiro atoms. The van der Waals surface area contributed by atoms with E-state index in [1.165, 1.54) is 11.3 Å². The van der Waals surface area contributed by atoms with Gasteiger partial charge in [-0.3, -0.25) is 4.79 Å². The second-order valence-corrected chi connectivity index (χ2v) is 7.28. The highest BCUT2D eigenvalue weighted by Crippen LogP contribution is 2.32. The maximum absolute atomic E-state index is 12.8. The highest BCUT2D eigenvalue weighted by Gasteiger charge is 2.28. The van der Waals surface area contributed by atoms with Crippen molar-refractivity contribution in [3.05, 3.63) is 47.0 Å². The Kier molecular flexibility index (Phi) is 3.86. The molecular weight excluding hydrogens is 322 g/mol. The van der Waals surface area contributed by atoms with Crippen LogP contribution in [0.4, 0.5) is 0 Å². The van der Waals surface area contributed by atoms with Crippen LogP contribution in [0.15, 0.2) is 36.4 Å². The second-order valence-electron chi connectivity index (χ2n) is 6.25. The first-order valence-electron chi connectivity index (χ1n) is 8.12. The Balaban J connectivity index is 1.70. The topological polar surface area (TPSA) is 58.4 Å². The fraction of sp³-hybridized carbons (Fsp3) is 0.333. The third-order valence-corrected chi connectivity index (χ3v) is 5.69. The quantitative estimate of drug-likeness (QED) is 0.797. The minimum atomic E-state index is 0.0613. The molecule has 1 aliphatic heterocycles. The molecule has 3 aromatic rings. The van der Waals surface area contributed by atoms with Crippen LogP contribution in [0.1, 0.15) is 21.8 Å². The van der Waals surface area contributed by atoms with E-state index >= 15 is 0 Å². The SMILES string of the molecule is Cc1nn(-c2ccccc2)c2sc(C(=O)N3CCC(CO)C3)cc12. The first-order chi connectivity index (χ1) is 11.7. The fourth-order valence-electron chi connectivity index (χ4n) is 3.22. The number of aliphatic hydroxyl groups excluding tert-OH is 1. The first kappa shape index (κ1) is 15.4. The van der Waals surface area contributed by atoms with Crippen LogP contribution in [-0.2, 0) is 0 Å². The maximum Gasteiger partial charge on any atom is 0.264 e. The third kappa shape index (κ3) is 2.52. The number of fused-ring (bicyclic) bond motifs is 1. The summed E-state index contributed by atoms with van der Waals surface area (Å²) in [6.07, 6.45) is 0.879. The fourth-order valence-corrected chi connectivity index (χ4v) is 4.37. The van der Waals surface area contributed by atoms with Crippen molar-refractivity contribution in [1.29, 1.82) is 0 Å². The van der Waals surface area contributed by atoms with Gasteiger partial charge in [0.05, 0.1) is 16.3 Å². The van der Waals surface area contributed by atoms with Crippen LogP contribution in [0.25, 0.3) is 15.9 Å². The molecule has 0 saturated carbocycles. The van der Waals surface area contributed by atoms with Gasteiger partial charge in [0, 0.05) is 31.0 Å². The predicted molar refractivity (Wildman–Crippen MR) is 94.8 cm³/mol. The van der Waals surface area contributed by atoms with Gasteiger partial charge in [-0.1, -0.05) is 18.2 Å². The summed E-state index contributed by atoms with van der Waals surface area (Å²) in [7, 11) is 0. The summed E-state index contributed by atoms with van der Waals surface area (Å²) in [5, 5.41) is 14.9. The van der Waals surface area contributed by atoms with E-state index in [4.69, 9.17) is 0 Å².